The number of nitrogens with one attached hydrogen (secondary N) is 1. The van der Waals surface area contributed by atoms with Gasteiger partial charge in [-0.3, -0.25) is 10.1 Å². The molecular formula is C20H14N6OS2. The molecule has 1 aromatic carbocycles. The Bertz CT molecular complexity index is 1320. The standard InChI is InChI=1S/C20H14N6OS2/c1-12-14(18(27)23-20-25-24-19(29-20)16-7-4-10-28-16)11-21-26(12)17-9-8-13-5-2-3-6-15(13)22-17/h2-11H,1H3,(H,23,25,27). The smallest absolute Gasteiger partial charge is 0.260 e. The van der Waals surface area contributed by atoms with Crippen molar-refractivity contribution in [3.63, 3.8) is 0 Å². The number of hydrogen-bond donors (Lipinski definition) is 1. The van der Waals surface area contributed by atoms with Gasteiger partial charge in [0.15, 0.2) is 10.8 Å². The number of anilines is 1. The van der Waals surface area contributed by atoms with Gasteiger partial charge in [0.1, 0.15) is 0 Å². The molecule has 1 N–H and O–H groups in total. The number of pyridine rings is 1. The molecule has 0 atom stereocenters. The molecule has 29 heavy (non-hydrogen) atoms. The Hall–Kier alpha value is -3.43. The second-order valence-corrected chi connectivity index (χ2v) is 8.19. The highest BCUT2D eigenvalue weighted by molar-refractivity contribution is 7.23. The van der Waals surface area contributed by atoms with E-state index in [1.54, 1.807) is 22.2 Å². The molecule has 0 saturated heterocycles. The van der Waals surface area contributed by atoms with Crippen molar-refractivity contribution >= 4 is 44.6 Å². The fraction of sp³-hybridized carbons (Fsp3) is 0.0500. The number of rotatable bonds is 4. The predicted octanol–water partition coefficient (Wildman–Crippen LogP) is 4.56. The minimum absolute atomic E-state index is 0.275. The Morgan fingerprint density at radius 1 is 1.07 bits per heavy atom. The summed E-state index contributed by atoms with van der Waals surface area (Å²) in [6.07, 6.45) is 1.54. The first-order valence-corrected chi connectivity index (χ1v) is 10.5. The van der Waals surface area contributed by atoms with E-state index in [9.17, 15) is 4.79 Å². The Balaban J connectivity index is 1.40. The molecule has 1 amide bonds. The SMILES string of the molecule is Cc1c(C(=O)Nc2nnc(-c3cccs3)s2)cnn1-c1ccc2ccccc2n1. The first-order valence-electron chi connectivity index (χ1n) is 8.78. The predicted molar refractivity (Wildman–Crippen MR) is 115 cm³/mol. The monoisotopic (exact) mass is 418 g/mol. The van der Waals surface area contributed by atoms with Crippen LogP contribution in [-0.4, -0.2) is 30.9 Å². The zero-order valence-electron chi connectivity index (χ0n) is 15.2. The molecule has 5 aromatic rings. The number of carbonyl (C=O) groups excluding carboxylic acids is 1. The topological polar surface area (TPSA) is 85.6 Å². The third-order valence-electron chi connectivity index (χ3n) is 4.43. The van der Waals surface area contributed by atoms with Crippen LogP contribution >= 0.6 is 22.7 Å². The van der Waals surface area contributed by atoms with E-state index >= 15 is 0 Å². The zero-order valence-corrected chi connectivity index (χ0v) is 16.9. The maximum Gasteiger partial charge on any atom is 0.260 e. The Labute approximate surface area is 173 Å². The van der Waals surface area contributed by atoms with Crippen LogP contribution in [0.5, 0.6) is 0 Å². The number of hydrogen-bond acceptors (Lipinski definition) is 7. The molecule has 0 fully saturated rings. The molecule has 5 rings (SSSR count). The molecule has 0 aliphatic heterocycles. The summed E-state index contributed by atoms with van der Waals surface area (Å²) >= 11 is 2.92. The van der Waals surface area contributed by atoms with Crippen LogP contribution in [-0.2, 0) is 0 Å². The number of aromatic nitrogens is 5. The lowest BCUT2D eigenvalue weighted by Crippen LogP contribution is -2.13. The Morgan fingerprint density at radius 3 is 2.83 bits per heavy atom. The molecule has 0 unspecified atom stereocenters. The Morgan fingerprint density at radius 2 is 1.97 bits per heavy atom. The van der Waals surface area contributed by atoms with Gasteiger partial charge in [-0.15, -0.1) is 21.5 Å². The molecular weight excluding hydrogens is 404 g/mol. The van der Waals surface area contributed by atoms with Crippen molar-refractivity contribution in [2.75, 3.05) is 5.32 Å². The van der Waals surface area contributed by atoms with Gasteiger partial charge in [-0.1, -0.05) is 35.6 Å². The van der Waals surface area contributed by atoms with Crippen molar-refractivity contribution in [2.45, 2.75) is 6.92 Å². The van der Waals surface area contributed by atoms with E-state index in [-0.39, 0.29) is 5.91 Å². The maximum atomic E-state index is 12.7. The van der Waals surface area contributed by atoms with Gasteiger partial charge in [0, 0.05) is 5.39 Å². The lowest BCUT2D eigenvalue weighted by atomic mass is 10.2. The van der Waals surface area contributed by atoms with Crippen molar-refractivity contribution in [1.82, 2.24) is 25.0 Å². The average molecular weight is 419 g/mol. The van der Waals surface area contributed by atoms with Gasteiger partial charge < -0.3 is 0 Å². The molecule has 0 spiro atoms. The van der Waals surface area contributed by atoms with Crippen LogP contribution in [0, 0.1) is 6.92 Å². The lowest BCUT2D eigenvalue weighted by molar-refractivity contribution is 0.102. The van der Waals surface area contributed by atoms with Crippen LogP contribution in [0.2, 0.25) is 0 Å². The van der Waals surface area contributed by atoms with Crippen LogP contribution in [0.1, 0.15) is 16.1 Å². The third-order valence-corrected chi connectivity index (χ3v) is 6.31. The van der Waals surface area contributed by atoms with Gasteiger partial charge in [0.05, 0.1) is 27.8 Å². The van der Waals surface area contributed by atoms with Crippen molar-refractivity contribution in [2.24, 2.45) is 0 Å². The molecule has 0 saturated carbocycles. The van der Waals surface area contributed by atoms with E-state index in [1.807, 2.05) is 60.8 Å². The second-order valence-electron chi connectivity index (χ2n) is 6.26. The fourth-order valence-electron chi connectivity index (χ4n) is 2.97. The summed E-state index contributed by atoms with van der Waals surface area (Å²) in [5.41, 5.74) is 2.04. The number of fused-ring (bicyclic) bond motifs is 1. The van der Waals surface area contributed by atoms with E-state index in [1.165, 1.54) is 11.3 Å². The first kappa shape index (κ1) is 17.7. The molecule has 0 bridgehead atoms. The zero-order chi connectivity index (χ0) is 19.8. The maximum absolute atomic E-state index is 12.7. The number of nitrogens with zero attached hydrogens (tertiary/aromatic N) is 5. The van der Waals surface area contributed by atoms with E-state index in [2.05, 4.69) is 25.6 Å². The second kappa shape index (κ2) is 7.19. The number of carbonyl (C=O) groups is 1. The first-order chi connectivity index (χ1) is 14.2. The minimum atomic E-state index is -0.275. The average Bonchev–Trinajstić information content (AvgIpc) is 3.48. The number of benzene rings is 1. The Kier molecular flexibility index (Phi) is 4.38. The van der Waals surface area contributed by atoms with Gasteiger partial charge >= 0.3 is 0 Å². The van der Waals surface area contributed by atoms with Gasteiger partial charge in [-0.2, -0.15) is 5.10 Å². The number of amides is 1. The molecule has 0 radical (unpaired) electrons. The molecule has 7 nitrogen and oxygen atoms in total. The normalized spacial score (nSPS) is 11.1. The summed E-state index contributed by atoms with van der Waals surface area (Å²) in [6.45, 7) is 1.84. The van der Waals surface area contributed by atoms with Crippen LogP contribution in [0.15, 0.2) is 60.1 Å². The molecule has 0 aliphatic carbocycles. The van der Waals surface area contributed by atoms with E-state index in [4.69, 9.17) is 0 Å². The highest BCUT2D eigenvalue weighted by Crippen LogP contribution is 2.30. The summed E-state index contributed by atoms with van der Waals surface area (Å²) in [5, 5.41) is 19.7. The van der Waals surface area contributed by atoms with Crippen LogP contribution in [0.3, 0.4) is 0 Å². The van der Waals surface area contributed by atoms with Gasteiger partial charge in [-0.05, 0) is 36.6 Å². The number of para-hydroxylation sites is 1. The molecule has 9 heteroatoms. The lowest BCUT2D eigenvalue weighted by Gasteiger charge is -2.06. The fourth-order valence-corrected chi connectivity index (χ4v) is 4.51. The van der Waals surface area contributed by atoms with Gasteiger partial charge in [0.25, 0.3) is 5.91 Å². The molecule has 0 aliphatic rings. The van der Waals surface area contributed by atoms with Crippen molar-refractivity contribution in [1.29, 1.82) is 0 Å². The van der Waals surface area contributed by atoms with Crippen molar-refractivity contribution in [3.05, 3.63) is 71.4 Å². The summed E-state index contributed by atoms with van der Waals surface area (Å²) in [7, 11) is 0. The largest absolute Gasteiger partial charge is 0.296 e. The minimum Gasteiger partial charge on any atom is -0.296 e. The molecule has 4 heterocycles. The van der Waals surface area contributed by atoms with E-state index in [0.717, 1.165) is 20.8 Å². The van der Waals surface area contributed by atoms with Crippen molar-refractivity contribution in [3.8, 4) is 15.7 Å². The van der Waals surface area contributed by atoms with Crippen LogP contribution in [0.25, 0.3) is 26.6 Å². The summed E-state index contributed by atoms with van der Waals surface area (Å²) in [5.74, 6) is 0.388. The third kappa shape index (κ3) is 3.30. The quantitative estimate of drug-likeness (QED) is 0.462. The number of thiophene rings is 1. The summed E-state index contributed by atoms with van der Waals surface area (Å²) < 4.78 is 1.67. The van der Waals surface area contributed by atoms with E-state index in [0.29, 0.717) is 22.2 Å². The van der Waals surface area contributed by atoms with Crippen molar-refractivity contribution < 1.29 is 4.79 Å². The summed E-state index contributed by atoms with van der Waals surface area (Å²) in [6, 6.07) is 15.7. The molecule has 4 aromatic heterocycles. The highest BCUT2D eigenvalue weighted by Gasteiger charge is 2.18. The van der Waals surface area contributed by atoms with Gasteiger partial charge in [-0.25, -0.2) is 9.67 Å². The van der Waals surface area contributed by atoms with E-state index < -0.39 is 0 Å². The molecule has 142 valence electrons. The highest BCUT2D eigenvalue weighted by atomic mass is 32.1. The summed E-state index contributed by atoms with van der Waals surface area (Å²) in [4.78, 5) is 18.4. The van der Waals surface area contributed by atoms with Gasteiger partial charge in [0.2, 0.25) is 5.13 Å². The van der Waals surface area contributed by atoms with Crippen LogP contribution in [0.4, 0.5) is 5.13 Å². The van der Waals surface area contributed by atoms with Crippen LogP contribution < -0.4 is 5.32 Å².